The molecule has 20 heavy (non-hydrogen) atoms. The molecule has 0 bridgehead atoms. The van der Waals surface area contributed by atoms with Crippen LogP contribution >= 0.6 is 0 Å². The topological polar surface area (TPSA) is 20.3 Å². The van der Waals surface area contributed by atoms with E-state index in [9.17, 15) is 4.79 Å². The van der Waals surface area contributed by atoms with Gasteiger partial charge in [0.15, 0.2) is 0 Å². The summed E-state index contributed by atoms with van der Waals surface area (Å²) in [6.45, 7) is 3.60. The van der Waals surface area contributed by atoms with Crippen LogP contribution in [-0.2, 0) is 4.79 Å². The molecule has 3 rings (SSSR count). The maximum atomic E-state index is 12.3. The van der Waals surface area contributed by atoms with Crippen molar-refractivity contribution in [2.75, 3.05) is 6.54 Å². The van der Waals surface area contributed by atoms with E-state index in [2.05, 4.69) is 11.8 Å². The Labute approximate surface area is 124 Å². The summed E-state index contributed by atoms with van der Waals surface area (Å²) < 4.78 is 0. The van der Waals surface area contributed by atoms with Gasteiger partial charge in [-0.05, 0) is 63.8 Å². The van der Waals surface area contributed by atoms with Crippen LogP contribution in [0, 0.1) is 11.8 Å². The molecule has 1 saturated heterocycles. The Hall–Kier alpha value is -0.370. The fraction of sp³-hybridized carbons (Fsp3) is 0.944. The number of rotatable bonds is 3. The summed E-state index contributed by atoms with van der Waals surface area (Å²) in [5, 5.41) is 0. The third kappa shape index (κ3) is 2.95. The molecule has 2 unspecified atom stereocenters. The second kappa shape index (κ2) is 6.60. The van der Waals surface area contributed by atoms with E-state index < -0.39 is 0 Å². The van der Waals surface area contributed by atoms with Crippen LogP contribution in [0.5, 0.6) is 0 Å². The molecule has 0 radical (unpaired) electrons. The highest BCUT2D eigenvalue weighted by molar-refractivity contribution is 5.82. The van der Waals surface area contributed by atoms with E-state index in [-0.39, 0.29) is 0 Å². The number of hydrogen-bond acceptors (Lipinski definition) is 2. The quantitative estimate of drug-likeness (QED) is 0.771. The molecule has 1 aliphatic heterocycles. The molecule has 0 aromatic heterocycles. The van der Waals surface area contributed by atoms with Gasteiger partial charge >= 0.3 is 0 Å². The van der Waals surface area contributed by atoms with Gasteiger partial charge < -0.3 is 0 Å². The van der Waals surface area contributed by atoms with E-state index in [1.54, 1.807) is 0 Å². The molecule has 2 heteroatoms. The van der Waals surface area contributed by atoms with Crippen molar-refractivity contribution in [1.29, 1.82) is 0 Å². The van der Waals surface area contributed by atoms with E-state index in [1.807, 2.05) is 0 Å². The van der Waals surface area contributed by atoms with Crippen molar-refractivity contribution in [3.63, 3.8) is 0 Å². The molecule has 114 valence electrons. The Morgan fingerprint density at radius 3 is 2.50 bits per heavy atom. The largest absolute Gasteiger partial charge is 0.299 e. The van der Waals surface area contributed by atoms with Gasteiger partial charge in [0.05, 0.1) is 0 Å². The lowest BCUT2D eigenvalue weighted by Gasteiger charge is -2.41. The van der Waals surface area contributed by atoms with Gasteiger partial charge in [0.1, 0.15) is 5.78 Å². The molecule has 0 N–H and O–H groups in total. The maximum Gasteiger partial charge on any atom is 0.137 e. The Morgan fingerprint density at radius 2 is 1.80 bits per heavy atom. The third-order valence-corrected chi connectivity index (χ3v) is 6.27. The fourth-order valence-electron chi connectivity index (χ4n) is 5.00. The summed E-state index contributed by atoms with van der Waals surface area (Å²) in [7, 11) is 0. The highest BCUT2D eigenvalue weighted by Gasteiger charge is 2.40. The highest BCUT2D eigenvalue weighted by Crippen LogP contribution is 2.38. The molecule has 0 amide bonds. The van der Waals surface area contributed by atoms with Crippen molar-refractivity contribution in [2.45, 2.75) is 89.6 Å². The summed E-state index contributed by atoms with van der Waals surface area (Å²) in [6, 6.07) is 1.39. The van der Waals surface area contributed by atoms with Crippen LogP contribution in [-0.4, -0.2) is 29.3 Å². The van der Waals surface area contributed by atoms with Crippen LogP contribution < -0.4 is 0 Å². The van der Waals surface area contributed by atoms with E-state index in [0.717, 1.165) is 24.8 Å². The van der Waals surface area contributed by atoms with Crippen LogP contribution in [0.15, 0.2) is 0 Å². The molecule has 3 aliphatic rings. The first-order valence-corrected chi connectivity index (χ1v) is 9.08. The van der Waals surface area contributed by atoms with Gasteiger partial charge in [0.2, 0.25) is 0 Å². The van der Waals surface area contributed by atoms with Gasteiger partial charge in [0.25, 0.3) is 0 Å². The maximum absolute atomic E-state index is 12.3. The van der Waals surface area contributed by atoms with Crippen LogP contribution in [0.3, 0.4) is 0 Å². The Bertz CT molecular complexity index is 332. The molecule has 3 fully saturated rings. The number of ketones is 1. The number of likely N-dealkylation sites (tertiary alicyclic amines) is 1. The molecule has 1 heterocycles. The average molecular weight is 277 g/mol. The number of Topliss-reactive ketones (excluding diaryl/α,β-unsaturated/α-hetero) is 1. The highest BCUT2D eigenvalue weighted by atomic mass is 16.1. The number of carbonyl (C=O) groups is 1. The van der Waals surface area contributed by atoms with Crippen molar-refractivity contribution in [1.82, 2.24) is 4.90 Å². The first-order chi connectivity index (χ1) is 9.79. The van der Waals surface area contributed by atoms with Gasteiger partial charge in [-0.15, -0.1) is 0 Å². The molecule has 2 saturated carbocycles. The average Bonchev–Trinajstić information content (AvgIpc) is 2.97. The second-order valence-electron chi connectivity index (χ2n) is 7.35. The van der Waals surface area contributed by atoms with Gasteiger partial charge in [-0.2, -0.15) is 0 Å². The van der Waals surface area contributed by atoms with Gasteiger partial charge in [-0.3, -0.25) is 9.69 Å². The molecular formula is C18H31NO. The lowest BCUT2D eigenvalue weighted by Crippen LogP contribution is -2.47. The molecule has 2 aliphatic carbocycles. The fourth-order valence-corrected chi connectivity index (χ4v) is 5.00. The minimum absolute atomic E-state index is 0.384. The van der Waals surface area contributed by atoms with Gasteiger partial charge in [-0.1, -0.05) is 19.8 Å². The normalized spacial score (nSPS) is 40.1. The third-order valence-electron chi connectivity index (χ3n) is 6.27. The minimum Gasteiger partial charge on any atom is -0.299 e. The van der Waals surface area contributed by atoms with Crippen LogP contribution in [0.25, 0.3) is 0 Å². The standard InChI is InChI=1S/C18H31NO/c1-2-14-9-11-15(12-10-14)19-13-5-7-17(19)16-6-3-4-8-18(16)20/h14-17H,2-13H2,1H3. The van der Waals surface area contributed by atoms with Crippen molar-refractivity contribution in [3.8, 4) is 0 Å². The van der Waals surface area contributed by atoms with Crippen molar-refractivity contribution < 1.29 is 4.79 Å². The molecule has 0 aromatic carbocycles. The van der Waals surface area contributed by atoms with Gasteiger partial charge in [-0.25, -0.2) is 0 Å². The van der Waals surface area contributed by atoms with E-state index in [4.69, 9.17) is 0 Å². The van der Waals surface area contributed by atoms with Crippen molar-refractivity contribution >= 4 is 5.78 Å². The van der Waals surface area contributed by atoms with E-state index >= 15 is 0 Å². The molecular weight excluding hydrogens is 246 g/mol. The van der Waals surface area contributed by atoms with Crippen LogP contribution in [0.4, 0.5) is 0 Å². The number of nitrogens with zero attached hydrogens (tertiary/aromatic N) is 1. The Morgan fingerprint density at radius 1 is 1.00 bits per heavy atom. The Kier molecular flexibility index (Phi) is 4.80. The van der Waals surface area contributed by atoms with E-state index in [1.165, 1.54) is 64.3 Å². The summed E-state index contributed by atoms with van der Waals surface area (Å²) in [5.74, 6) is 1.94. The lowest BCUT2D eigenvalue weighted by molar-refractivity contribution is -0.127. The zero-order valence-electron chi connectivity index (χ0n) is 13.2. The van der Waals surface area contributed by atoms with Crippen LogP contribution in [0.1, 0.15) is 77.6 Å². The molecule has 0 spiro atoms. The smallest absolute Gasteiger partial charge is 0.137 e. The predicted octanol–water partition coefficient (Wildman–Crippen LogP) is 4.18. The summed E-state index contributed by atoms with van der Waals surface area (Å²) in [4.78, 5) is 15.0. The van der Waals surface area contributed by atoms with Crippen molar-refractivity contribution in [3.05, 3.63) is 0 Å². The monoisotopic (exact) mass is 277 g/mol. The molecule has 2 atom stereocenters. The first-order valence-electron chi connectivity index (χ1n) is 9.08. The predicted molar refractivity (Wildman–Crippen MR) is 82.7 cm³/mol. The summed E-state index contributed by atoms with van der Waals surface area (Å²) in [6.07, 6.45) is 14.0. The van der Waals surface area contributed by atoms with Crippen LogP contribution in [0.2, 0.25) is 0 Å². The first kappa shape index (κ1) is 14.6. The Balaban J connectivity index is 1.62. The zero-order chi connectivity index (χ0) is 13.9. The van der Waals surface area contributed by atoms with Gasteiger partial charge in [0, 0.05) is 24.4 Å². The van der Waals surface area contributed by atoms with Crippen molar-refractivity contribution in [2.24, 2.45) is 11.8 Å². The SMILES string of the molecule is CCC1CCC(N2CCCC2C2CCCCC2=O)CC1. The second-order valence-corrected chi connectivity index (χ2v) is 7.35. The van der Waals surface area contributed by atoms with E-state index in [0.29, 0.717) is 17.7 Å². The molecule has 0 aromatic rings. The number of carbonyl (C=O) groups excluding carboxylic acids is 1. The minimum atomic E-state index is 0.384. The summed E-state index contributed by atoms with van der Waals surface area (Å²) in [5.41, 5.74) is 0. The molecule has 2 nitrogen and oxygen atoms in total. The number of hydrogen-bond donors (Lipinski definition) is 0. The lowest BCUT2D eigenvalue weighted by atomic mass is 9.79. The zero-order valence-corrected chi connectivity index (χ0v) is 13.2. The summed E-state index contributed by atoms with van der Waals surface area (Å²) >= 11 is 0.